The van der Waals surface area contributed by atoms with Crippen LogP contribution in [-0.4, -0.2) is 45.9 Å². The number of rotatable bonds is 7. The lowest BCUT2D eigenvalue weighted by atomic mass is 10.3. The standard InChI is InChI=1S/C14H17N3O5/c1-16-10-4-2-3-5-11(10)17(14(16)21)8-12(18)15-6-7-22-9-13(19)20/h2-5H,6-9H2,1H3,(H,15,18)(H,19,20). The average molecular weight is 307 g/mol. The zero-order valence-corrected chi connectivity index (χ0v) is 12.1. The van der Waals surface area contributed by atoms with Crippen LogP contribution in [-0.2, 0) is 27.9 Å². The summed E-state index contributed by atoms with van der Waals surface area (Å²) in [5.74, 6) is -1.40. The Hall–Kier alpha value is -2.61. The molecule has 2 aromatic rings. The van der Waals surface area contributed by atoms with Gasteiger partial charge in [-0.1, -0.05) is 12.1 Å². The second-order valence-corrected chi connectivity index (χ2v) is 4.71. The highest BCUT2D eigenvalue weighted by molar-refractivity contribution is 5.80. The highest BCUT2D eigenvalue weighted by Gasteiger charge is 2.12. The predicted octanol–water partition coefficient (Wildman–Crippen LogP) is -0.443. The third kappa shape index (κ3) is 3.53. The van der Waals surface area contributed by atoms with Gasteiger partial charge < -0.3 is 15.2 Å². The van der Waals surface area contributed by atoms with E-state index in [-0.39, 0.29) is 31.3 Å². The molecule has 1 amide bonds. The van der Waals surface area contributed by atoms with Gasteiger partial charge in [-0.2, -0.15) is 0 Å². The number of para-hydroxylation sites is 2. The summed E-state index contributed by atoms with van der Waals surface area (Å²) in [6.07, 6.45) is 0. The zero-order chi connectivity index (χ0) is 16.1. The number of aryl methyl sites for hydroxylation is 1. The molecule has 0 saturated carbocycles. The second-order valence-electron chi connectivity index (χ2n) is 4.71. The largest absolute Gasteiger partial charge is 0.480 e. The van der Waals surface area contributed by atoms with Crippen LogP contribution in [0.5, 0.6) is 0 Å². The molecule has 1 aromatic heterocycles. The van der Waals surface area contributed by atoms with E-state index in [9.17, 15) is 14.4 Å². The first-order valence-electron chi connectivity index (χ1n) is 6.71. The molecule has 0 saturated heterocycles. The van der Waals surface area contributed by atoms with Crippen LogP contribution in [0.15, 0.2) is 29.1 Å². The fourth-order valence-corrected chi connectivity index (χ4v) is 2.14. The van der Waals surface area contributed by atoms with Crippen LogP contribution in [0.1, 0.15) is 0 Å². The minimum atomic E-state index is -1.06. The summed E-state index contributed by atoms with van der Waals surface area (Å²) in [6, 6.07) is 7.22. The maximum Gasteiger partial charge on any atom is 0.329 e. The number of nitrogens with zero attached hydrogens (tertiary/aromatic N) is 2. The highest BCUT2D eigenvalue weighted by Crippen LogP contribution is 2.10. The van der Waals surface area contributed by atoms with E-state index in [1.165, 1.54) is 9.13 Å². The van der Waals surface area contributed by atoms with Crippen LogP contribution >= 0.6 is 0 Å². The van der Waals surface area contributed by atoms with Crippen LogP contribution in [0, 0.1) is 0 Å². The van der Waals surface area contributed by atoms with E-state index in [2.05, 4.69) is 5.32 Å². The molecule has 1 heterocycles. The van der Waals surface area contributed by atoms with E-state index in [0.717, 1.165) is 5.52 Å². The van der Waals surface area contributed by atoms with Gasteiger partial charge in [0.1, 0.15) is 13.2 Å². The number of carboxylic acid groups (broad SMARTS) is 1. The molecule has 8 nitrogen and oxygen atoms in total. The first-order valence-corrected chi connectivity index (χ1v) is 6.71. The first-order chi connectivity index (χ1) is 10.5. The number of aromatic nitrogens is 2. The van der Waals surface area contributed by atoms with Crippen molar-refractivity contribution in [1.29, 1.82) is 0 Å². The predicted molar refractivity (Wildman–Crippen MR) is 78.6 cm³/mol. The van der Waals surface area contributed by atoms with Gasteiger partial charge in [-0.05, 0) is 12.1 Å². The number of carbonyl (C=O) groups is 2. The summed E-state index contributed by atoms with van der Waals surface area (Å²) in [6.45, 7) is -0.216. The number of imidazole rings is 1. The van der Waals surface area contributed by atoms with Gasteiger partial charge in [0.2, 0.25) is 5.91 Å². The van der Waals surface area contributed by atoms with Crippen molar-refractivity contribution < 1.29 is 19.4 Å². The lowest BCUT2D eigenvalue weighted by Crippen LogP contribution is -2.34. The van der Waals surface area contributed by atoms with Gasteiger partial charge in [0.05, 0.1) is 17.6 Å². The molecule has 0 atom stereocenters. The molecular weight excluding hydrogens is 290 g/mol. The molecule has 0 spiro atoms. The molecule has 0 fully saturated rings. The van der Waals surface area contributed by atoms with Crippen molar-refractivity contribution in [2.75, 3.05) is 19.8 Å². The summed E-state index contributed by atoms with van der Waals surface area (Å²) in [4.78, 5) is 34.2. The Morgan fingerprint density at radius 3 is 2.64 bits per heavy atom. The molecule has 2 N–H and O–H groups in total. The number of fused-ring (bicyclic) bond motifs is 1. The average Bonchev–Trinajstić information content (AvgIpc) is 2.72. The molecule has 2 rings (SSSR count). The van der Waals surface area contributed by atoms with Crippen LogP contribution in [0.3, 0.4) is 0 Å². The van der Waals surface area contributed by atoms with E-state index < -0.39 is 12.6 Å². The van der Waals surface area contributed by atoms with Gasteiger partial charge in [-0.25, -0.2) is 9.59 Å². The number of hydrogen-bond acceptors (Lipinski definition) is 4. The van der Waals surface area contributed by atoms with Crippen LogP contribution in [0.2, 0.25) is 0 Å². The lowest BCUT2D eigenvalue weighted by molar-refractivity contribution is -0.142. The molecular formula is C14H17N3O5. The Kier molecular flexibility index (Phi) is 4.95. The minimum absolute atomic E-state index is 0.0981. The number of carboxylic acids is 1. The van der Waals surface area contributed by atoms with Crippen molar-refractivity contribution in [1.82, 2.24) is 14.5 Å². The van der Waals surface area contributed by atoms with E-state index >= 15 is 0 Å². The van der Waals surface area contributed by atoms with Gasteiger partial charge in [0, 0.05) is 13.6 Å². The summed E-state index contributed by atoms with van der Waals surface area (Å²) in [5, 5.41) is 11.0. The maximum atomic E-state index is 12.1. The highest BCUT2D eigenvalue weighted by atomic mass is 16.5. The summed E-state index contributed by atoms with van der Waals surface area (Å²) < 4.78 is 7.68. The Balaban J connectivity index is 1.96. The quantitative estimate of drug-likeness (QED) is 0.675. The molecule has 0 aliphatic heterocycles. The van der Waals surface area contributed by atoms with E-state index in [1.807, 2.05) is 12.1 Å². The third-order valence-corrected chi connectivity index (χ3v) is 3.15. The smallest absolute Gasteiger partial charge is 0.329 e. The molecule has 0 radical (unpaired) electrons. The Morgan fingerprint density at radius 2 is 1.95 bits per heavy atom. The van der Waals surface area contributed by atoms with E-state index in [4.69, 9.17) is 9.84 Å². The topological polar surface area (TPSA) is 103 Å². The van der Waals surface area contributed by atoms with E-state index in [0.29, 0.717) is 5.52 Å². The Labute approximate surface area is 125 Å². The zero-order valence-electron chi connectivity index (χ0n) is 12.1. The SMILES string of the molecule is Cn1c(=O)n(CC(=O)NCCOCC(=O)O)c2ccccc21. The molecule has 22 heavy (non-hydrogen) atoms. The number of hydrogen-bond donors (Lipinski definition) is 2. The third-order valence-electron chi connectivity index (χ3n) is 3.15. The number of amides is 1. The van der Waals surface area contributed by atoms with Crippen LogP contribution in [0.4, 0.5) is 0 Å². The summed E-state index contributed by atoms with van der Waals surface area (Å²) in [7, 11) is 1.65. The van der Waals surface area contributed by atoms with Gasteiger partial charge in [0.15, 0.2) is 0 Å². The monoisotopic (exact) mass is 307 g/mol. The summed E-state index contributed by atoms with van der Waals surface area (Å²) in [5.41, 5.74) is 1.18. The molecule has 0 aliphatic rings. The van der Waals surface area contributed by atoms with Crippen molar-refractivity contribution in [3.8, 4) is 0 Å². The molecule has 118 valence electrons. The number of carbonyl (C=O) groups excluding carboxylic acids is 1. The number of benzene rings is 1. The molecule has 0 unspecified atom stereocenters. The van der Waals surface area contributed by atoms with E-state index in [1.54, 1.807) is 19.2 Å². The maximum absolute atomic E-state index is 12.1. The number of ether oxygens (including phenoxy) is 1. The number of nitrogens with one attached hydrogen (secondary N) is 1. The van der Waals surface area contributed by atoms with Crippen LogP contribution in [0.25, 0.3) is 11.0 Å². The molecule has 0 bridgehead atoms. The fourth-order valence-electron chi connectivity index (χ4n) is 2.14. The van der Waals surface area contributed by atoms with Gasteiger partial charge in [0.25, 0.3) is 0 Å². The Bertz CT molecular complexity index is 747. The van der Waals surface area contributed by atoms with Crippen molar-refractivity contribution in [2.24, 2.45) is 7.05 Å². The number of aliphatic carboxylic acids is 1. The summed E-state index contributed by atoms with van der Waals surface area (Å²) >= 11 is 0. The van der Waals surface area contributed by atoms with Crippen molar-refractivity contribution in [3.63, 3.8) is 0 Å². The van der Waals surface area contributed by atoms with Crippen molar-refractivity contribution in [2.45, 2.75) is 6.54 Å². The molecule has 1 aromatic carbocycles. The Morgan fingerprint density at radius 1 is 1.27 bits per heavy atom. The van der Waals surface area contributed by atoms with Crippen LogP contribution < -0.4 is 11.0 Å². The molecule has 8 heteroatoms. The van der Waals surface area contributed by atoms with Gasteiger partial charge in [-0.15, -0.1) is 0 Å². The van der Waals surface area contributed by atoms with Crippen molar-refractivity contribution >= 4 is 22.9 Å². The fraction of sp³-hybridized carbons (Fsp3) is 0.357. The van der Waals surface area contributed by atoms with Gasteiger partial charge in [-0.3, -0.25) is 13.9 Å². The lowest BCUT2D eigenvalue weighted by Gasteiger charge is -2.06. The van der Waals surface area contributed by atoms with Gasteiger partial charge >= 0.3 is 11.7 Å². The minimum Gasteiger partial charge on any atom is -0.480 e. The first kappa shape index (κ1) is 15.8. The van der Waals surface area contributed by atoms with Crippen molar-refractivity contribution in [3.05, 3.63) is 34.7 Å². The normalized spacial score (nSPS) is 10.8. The second kappa shape index (κ2) is 6.90. The molecule has 0 aliphatic carbocycles.